The lowest BCUT2D eigenvalue weighted by atomic mass is 10.0. The first-order valence-corrected chi connectivity index (χ1v) is 6.33. The highest BCUT2D eigenvalue weighted by atomic mass is 16.5. The molecule has 0 aliphatic carbocycles. The summed E-state index contributed by atoms with van der Waals surface area (Å²) < 4.78 is 5.77. The molecule has 95 valence electrons. The second-order valence-corrected chi connectivity index (χ2v) is 4.53. The number of hydrogen-bond acceptors (Lipinski definition) is 2. The van der Waals surface area contributed by atoms with Crippen molar-refractivity contribution in [2.75, 3.05) is 5.32 Å². The van der Waals surface area contributed by atoms with Crippen molar-refractivity contribution in [1.82, 2.24) is 0 Å². The van der Waals surface area contributed by atoms with Crippen LogP contribution in [0.5, 0.6) is 5.75 Å². The summed E-state index contributed by atoms with van der Waals surface area (Å²) in [6.45, 7) is 0.476. The molecular weight excluding hydrogens is 238 g/mol. The third kappa shape index (κ3) is 2.60. The Morgan fingerprint density at radius 1 is 1.16 bits per heavy atom. The molecule has 2 aromatic carbocycles. The maximum atomic E-state index is 11.5. The molecule has 0 aromatic heterocycles. The number of carbonyl (C=O) groups excluding carboxylic acids is 1. The van der Waals surface area contributed by atoms with E-state index in [9.17, 15) is 4.79 Å². The minimum Gasteiger partial charge on any atom is -0.486 e. The number of ether oxygens (including phenoxy) is 1. The van der Waals surface area contributed by atoms with E-state index in [1.165, 1.54) is 0 Å². The van der Waals surface area contributed by atoms with Gasteiger partial charge in [0.05, 0.1) is 5.69 Å². The van der Waals surface area contributed by atoms with Gasteiger partial charge in [0.2, 0.25) is 5.91 Å². The maximum Gasteiger partial charge on any atom is 0.224 e. The summed E-state index contributed by atoms with van der Waals surface area (Å²) in [5, 5.41) is 2.87. The number of amides is 1. The molecule has 2 aromatic rings. The van der Waals surface area contributed by atoms with Gasteiger partial charge < -0.3 is 10.1 Å². The summed E-state index contributed by atoms with van der Waals surface area (Å²) in [4.78, 5) is 11.5. The van der Waals surface area contributed by atoms with Crippen LogP contribution in [0.15, 0.2) is 42.5 Å². The van der Waals surface area contributed by atoms with E-state index in [4.69, 9.17) is 4.74 Å². The van der Waals surface area contributed by atoms with E-state index < -0.39 is 0 Å². The summed E-state index contributed by atoms with van der Waals surface area (Å²) in [5.74, 6) is 0.658. The Balaban J connectivity index is 1.80. The van der Waals surface area contributed by atoms with E-state index in [-0.39, 0.29) is 5.91 Å². The fourth-order valence-corrected chi connectivity index (χ4v) is 2.16. The van der Waals surface area contributed by atoms with E-state index in [1.54, 1.807) is 0 Å². The molecule has 1 amide bonds. The zero-order chi connectivity index (χ0) is 13.1. The second kappa shape index (κ2) is 5.14. The molecular formula is C16H14NO2. The highest BCUT2D eigenvalue weighted by Gasteiger charge is 2.18. The molecule has 1 aliphatic heterocycles. The van der Waals surface area contributed by atoms with Crippen LogP contribution < -0.4 is 10.1 Å². The molecule has 0 saturated heterocycles. The smallest absolute Gasteiger partial charge is 0.224 e. The van der Waals surface area contributed by atoms with Crippen molar-refractivity contribution in [3.63, 3.8) is 0 Å². The van der Waals surface area contributed by atoms with Crippen LogP contribution in [-0.4, -0.2) is 5.91 Å². The lowest BCUT2D eigenvalue weighted by molar-refractivity contribution is -0.116. The third-order valence-corrected chi connectivity index (χ3v) is 3.16. The van der Waals surface area contributed by atoms with Crippen LogP contribution >= 0.6 is 0 Å². The Labute approximate surface area is 112 Å². The predicted octanol–water partition coefficient (Wildman–Crippen LogP) is 2.95. The van der Waals surface area contributed by atoms with Crippen molar-refractivity contribution in [3.8, 4) is 5.75 Å². The molecule has 1 aliphatic rings. The number of benzene rings is 2. The lowest BCUT2D eigenvalue weighted by Crippen LogP contribution is -2.19. The van der Waals surface area contributed by atoms with Crippen LogP contribution in [0.25, 0.3) is 0 Å². The molecule has 0 bridgehead atoms. The van der Waals surface area contributed by atoms with Crippen molar-refractivity contribution >= 4 is 11.6 Å². The van der Waals surface area contributed by atoms with Gasteiger partial charge in [0.25, 0.3) is 0 Å². The minimum absolute atomic E-state index is 0.0386. The Kier molecular flexibility index (Phi) is 3.19. The molecule has 3 rings (SSSR count). The standard InChI is InChI=1S/C16H14NO2/c18-15-10-9-13-7-4-8-14(16(13)17-15)19-11-12-5-2-1-3-6-12/h1-7H,9-11H2,(H,17,18). The number of carbonyl (C=O) groups is 1. The van der Waals surface area contributed by atoms with Gasteiger partial charge in [-0.15, -0.1) is 0 Å². The van der Waals surface area contributed by atoms with Gasteiger partial charge >= 0.3 is 0 Å². The lowest BCUT2D eigenvalue weighted by Gasteiger charge is -2.19. The first kappa shape index (κ1) is 11.8. The van der Waals surface area contributed by atoms with Crippen LogP contribution in [0.1, 0.15) is 17.5 Å². The van der Waals surface area contributed by atoms with Gasteiger partial charge in [-0.2, -0.15) is 0 Å². The highest BCUT2D eigenvalue weighted by molar-refractivity contribution is 5.95. The number of fused-ring (bicyclic) bond motifs is 1. The molecule has 0 fully saturated rings. The third-order valence-electron chi connectivity index (χ3n) is 3.16. The predicted molar refractivity (Wildman–Crippen MR) is 73.0 cm³/mol. The fraction of sp³-hybridized carbons (Fsp3) is 0.188. The van der Waals surface area contributed by atoms with E-state index in [1.807, 2.05) is 42.5 Å². The van der Waals surface area contributed by atoms with Crippen molar-refractivity contribution in [2.45, 2.75) is 19.4 Å². The topological polar surface area (TPSA) is 38.3 Å². The zero-order valence-corrected chi connectivity index (χ0v) is 10.5. The van der Waals surface area contributed by atoms with Crippen LogP contribution in [0.3, 0.4) is 0 Å². The maximum absolute atomic E-state index is 11.5. The van der Waals surface area contributed by atoms with Gasteiger partial charge in [0.1, 0.15) is 6.61 Å². The molecule has 0 saturated carbocycles. The quantitative estimate of drug-likeness (QED) is 0.912. The average Bonchev–Trinajstić information content (AvgIpc) is 2.46. The Bertz CT molecular complexity index is 593. The average molecular weight is 252 g/mol. The summed E-state index contributed by atoms with van der Waals surface area (Å²) >= 11 is 0. The Morgan fingerprint density at radius 3 is 2.84 bits per heavy atom. The van der Waals surface area contributed by atoms with E-state index >= 15 is 0 Å². The molecule has 0 spiro atoms. The summed E-state index contributed by atoms with van der Waals surface area (Å²) in [6, 6.07) is 16.8. The van der Waals surface area contributed by atoms with E-state index in [0.717, 1.165) is 23.2 Å². The monoisotopic (exact) mass is 252 g/mol. The molecule has 3 nitrogen and oxygen atoms in total. The molecule has 0 atom stereocenters. The normalized spacial score (nSPS) is 13.6. The van der Waals surface area contributed by atoms with Crippen molar-refractivity contribution < 1.29 is 9.53 Å². The largest absolute Gasteiger partial charge is 0.486 e. The van der Waals surface area contributed by atoms with Gasteiger partial charge in [-0.3, -0.25) is 4.79 Å². The molecule has 0 unspecified atom stereocenters. The highest BCUT2D eigenvalue weighted by Crippen LogP contribution is 2.32. The molecule has 1 radical (unpaired) electrons. The number of anilines is 1. The van der Waals surface area contributed by atoms with Crippen LogP contribution in [0, 0.1) is 6.07 Å². The van der Waals surface area contributed by atoms with Gasteiger partial charge in [-0.25, -0.2) is 0 Å². The number of rotatable bonds is 3. The number of hydrogen-bond donors (Lipinski definition) is 1. The summed E-state index contributed by atoms with van der Waals surface area (Å²) in [6.07, 6.45) is 1.30. The second-order valence-electron chi connectivity index (χ2n) is 4.53. The van der Waals surface area contributed by atoms with Crippen molar-refractivity contribution in [2.24, 2.45) is 0 Å². The van der Waals surface area contributed by atoms with E-state index in [0.29, 0.717) is 18.8 Å². The fourth-order valence-electron chi connectivity index (χ4n) is 2.16. The number of aryl methyl sites for hydroxylation is 1. The van der Waals surface area contributed by atoms with Gasteiger partial charge in [-0.1, -0.05) is 42.5 Å². The Hall–Kier alpha value is -2.29. The molecule has 1 N–H and O–H groups in total. The molecule has 1 heterocycles. The van der Waals surface area contributed by atoms with Gasteiger partial charge in [0, 0.05) is 12.5 Å². The van der Waals surface area contributed by atoms with E-state index in [2.05, 4.69) is 11.4 Å². The van der Waals surface area contributed by atoms with Crippen molar-refractivity contribution in [1.29, 1.82) is 0 Å². The Morgan fingerprint density at radius 2 is 2.00 bits per heavy atom. The van der Waals surface area contributed by atoms with Crippen LogP contribution in [0.2, 0.25) is 0 Å². The van der Waals surface area contributed by atoms with Crippen LogP contribution in [0.4, 0.5) is 5.69 Å². The SMILES string of the molecule is O=C1CCc2cc[c]c(OCc3ccccc3)c2N1. The minimum atomic E-state index is 0.0386. The summed E-state index contributed by atoms with van der Waals surface area (Å²) in [7, 11) is 0. The van der Waals surface area contributed by atoms with Gasteiger partial charge in [-0.05, 0) is 17.5 Å². The van der Waals surface area contributed by atoms with Crippen molar-refractivity contribution in [3.05, 3.63) is 59.7 Å². The first-order valence-electron chi connectivity index (χ1n) is 6.33. The van der Waals surface area contributed by atoms with Gasteiger partial charge in [0.15, 0.2) is 5.75 Å². The van der Waals surface area contributed by atoms with Crippen LogP contribution in [-0.2, 0) is 17.8 Å². The molecule has 3 heteroatoms. The zero-order valence-electron chi connectivity index (χ0n) is 10.5. The number of nitrogens with one attached hydrogen (secondary N) is 1. The summed E-state index contributed by atoms with van der Waals surface area (Å²) in [5.41, 5.74) is 2.98. The first-order chi connectivity index (χ1) is 9.33. The molecule has 19 heavy (non-hydrogen) atoms.